The van der Waals surface area contributed by atoms with Crippen molar-refractivity contribution in [3.05, 3.63) is 52.5 Å². The first kappa shape index (κ1) is 14.1. The van der Waals surface area contributed by atoms with Crippen molar-refractivity contribution in [3.63, 3.8) is 0 Å². The van der Waals surface area contributed by atoms with Crippen LogP contribution in [0, 0.1) is 6.92 Å². The van der Waals surface area contributed by atoms with E-state index in [1.165, 1.54) is 5.56 Å². The largest absolute Gasteiger partial charge is 0.490 e. The van der Waals surface area contributed by atoms with Gasteiger partial charge < -0.3 is 14.8 Å². The lowest BCUT2D eigenvalue weighted by molar-refractivity contribution is 0.296. The average Bonchev–Trinajstić information content (AvgIpc) is 2.74. The van der Waals surface area contributed by atoms with Crippen molar-refractivity contribution in [3.8, 4) is 11.5 Å². The van der Waals surface area contributed by atoms with Crippen molar-refractivity contribution in [2.24, 2.45) is 0 Å². The van der Waals surface area contributed by atoms with Gasteiger partial charge in [-0.05, 0) is 30.7 Å². The molecule has 0 spiro atoms. The zero-order valence-corrected chi connectivity index (χ0v) is 12.7. The minimum Gasteiger partial charge on any atom is -0.490 e. The number of aryl methyl sites for hydroxylation is 1. The second-order valence-electron chi connectivity index (χ2n) is 5.13. The van der Waals surface area contributed by atoms with E-state index in [9.17, 15) is 0 Å². The second-order valence-corrected chi connectivity index (χ2v) is 5.54. The Morgan fingerprint density at radius 1 is 1.14 bits per heavy atom. The van der Waals surface area contributed by atoms with Crippen LogP contribution in [0.2, 0.25) is 5.02 Å². The van der Waals surface area contributed by atoms with Crippen LogP contribution in [-0.2, 0) is 6.54 Å². The van der Waals surface area contributed by atoms with Gasteiger partial charge in [-0.25, -0.2) is 0 Å². The number of hydrogen-bond donors (Lipinski definition) is 1. The molecule has 1 N–H and O–H groups in total. The van der Waals surface area contributed by atoms with E-state index >= 15 is 0 Å². The van der Waals surface area contributed by atoms with E-state index in [1.54, 1.807) is 0 Å². The Hall–Kier alpha value is -1.87. The van der Waals surface area contributed by atoms with Gasteiger partial charge in [0, 0.05) is 18.5 Å². The van der Waals surface area contributed by atoms with Crippen molar-refractivity contribution < 1.29 is 9.47 Å². The first-order valence-corrected chi connectivity index (χ1v) is 7.49. The predicted octanol–water partition coefficient (Wildman–Crippen LogP) is 4.42. The molecular weight excluding hydrogens is 286 g/mol. The van der Waals surface area contributed by atoms with Gasteiger partial charge in [0.15, 0.2) is 11.5 Å². The molecule has 0 radical (unpaired) electrons. The highest BCUT2D eigenvalue weighted by atomic mass is 35.5. The average molecular weight is 304 g/mol. The fourth-order valence-corrected chi connectivity index (χ4v) is 2.54. The number of fused-ring (bicyclic) bond motifs is 1. The van der Waals surface area contributed by atoms with Gasteiger partial charge in [-0.2, -0.15) is 0 Å². The summed E-state index contributed by atoms with van der Waals surface area (Å²) in [6, 6.07) is 11.9. The summed E-state index contributed by atoms with van der Waals surface area (Å²) in [5.41, 5.74) is 3.18. The summed E-state index contributed by atoms with van der Waals surface area (Å²) in [7, 11) is 0. The molecule has 0 atom stereocenters. The third-order valence-corrected chi connectivity index (χ3v) is 3.77. The molecule has 0 aliphatic carbocycles. The Morgan fingerprint density at radius 2 is 2.00 bits per heavy atom. The van der Waals surface area contributed by atoms with Gasteiger partial charge in [-0.15, -0.1) is 0 Å². The van der Waals surface area contributed by atoms with Crippen LogP contribution in [0.5, 0.6) is 11.5 Å². The fraction of sp³-hybridized carbons (Fsp3) is 0.294. The topological polar surface area (TPSA) is 30.5 Å². The number of para-hydroxylation sites is 1. The Balaban J connectivity index is 1.81. The molecule has 21 heavy (non-hydrogen) atoms. The molecule has 0 amide bonds. The van der Waals surface area contributed by atoms with E-state index in [1.807, 2.05) is 43.3 Å². The highest BCUT2D eigenvalue weighted by Crippen LogP contribution is 2.34. The molecule has 1 heterocycles. The molecule has 4 heteroatoms. The van der Waals surface area contributed by atoms with Crippen LogP contribution in [0.25, 0.3) is 0 Å². The smallest absolute Gasteiger partial charge is 0.166 e. The summed E-state index contributed by atoms with van der Waals surface area (Å²) in [4.78, 5) is 0. The first-order valence-electron chi connectivity index (χ1n) is 7.11. The molecular formula is C17H18ClNO2. The van der Waals surface area contributed by atoms with E-state index in [-0.39, 0.29) is 0 Å². The van der Waals surface area contributed by atoms with Gasteiger partial charge >= 0.3 is 0 Å². The third-order valence-electron chi connectivity index (χ3n) is 3.44. The number of benzene rings is 2. The van der Waals surface area contributed by atoms with Crippen LogP contribution >= 0.6 is 11.6 Å². The Bertz CT molecular complexity index is 643. The van der Waals surface area contributed by atoms with Crippen molar-refractivity contribution in [1.82, 2.24) is 0 Å². The second kappa shape index (κ2) is 6.27. The third kappa shape index (κ3) is 3.24. The van der Waals surface area contributed by atoms with E-state index in [2.05, 4.69) is 5.32 Å². The molecule has 0 saturated carbocycles. The van der Waals surface area contributed by atoms with E-state index in [0.29, 0.717) is 19.8 Å². The first-order chi connectivity index (χ1) is 10.2. The van der Waals surface area contributed by atoms with Crippen LogP contribution in [0.15, 0.2) is 36.4 Å². The molecule has 3 rings (SSSR count). The van der Waals surface area contributed by atoms with Gasteiger partial charge in [0.1, 0.15) is 0 Å². The van der Waals surface area contributed by atoms with Gasteiger partial charge in [-0.3, -0.25) is 0 Å². The molecule has 0 saturated heterocycles. The molecule has 3 nitrogen and oxygen atoms in total. The zero-order valence-electron chi connectivity index (χ0n) is 12.0. The Labute approximate surface area is 129 Å². The number of ether oxygens (including phenoxy) is 2. The van der Waals surface area contributed by atoms with Gasteiger partial charge in [0.2, 0.25) is 0 Å². The molecule has 2 aromatic carbocycles. The highest BCUT2D eigenvalue weighted by molar-refractivity contribution is 6.33. The lowest BCUT2D eigenvalue weighted by Crippen LogP contribution is -2.04. The maximum absolute atomic E-state index is 6.21. The lowest BCUT2D eigenvalue weighted by Gasteiger charge is -2.14. The summed E-state index contributed by atoms with van der Waals surface area (Å²) in [6.45, 7) is 4.09. The van der Waals surface area contributed by atoms with Crippen molar-refractivity contribution in [1.29, 1.82) is 0 Å². The van der Waals surface area contributed by atoms with Crippen LogP contribution in [0.4, 0.5) is 5.69 Å². The summed E-state index contributed by atoms with van der Waals surface area (Å²) < 4.78 is 11.5. The maximum atomic E-state index is 6.21. The fourth-order valence-electron chi connectivity index (χ4n) is 2.36. The lowest BCUT2D eigenvalue weighted by atomic mass is 10.1. The van der Waals surface area contributed by atoms with Gasteiger partial charge in [-0.1, -0.05) is 29.8 Å². The minimum absolute atomic E-state index is 0.649. The monoisotopic (exact) mass is 303 g/mol. The Kier molecular flexibility index (Phi) is 4.20. The molecule has 0 aromatic heterocycles. The van der Waals surface area contributed by atoms with E-state index < -0.39 is 0 Å². The SMILES string of the molecule is Cc1ccc(Cl)c(NCc2cccc3c2OCCCO3)c1. The summed E-state index contributed by atoms with van der Waals surface area (Å²) in [5.74, 6) is 1.66. The maximum Gasteiger partial charge on any atom is 0.166 e. The minimum atomic E-state index is 0.649. The van der Waals surface area contributed by atoms with Gasteiger partial charge in [0.05, 0.1) is 23.9 Å². The number of halogens is 1. The number of hydrogen-bond acceptors (Lipinski definition) is 3. The molecule has 0 bridgehead atoms. The van der Waals surface area contributed by atoms with E-state index in [4.69, 9.17) is 21.1 Å². The highest BCUT2D eigenvalue weighted by Gasteiger charge is 2.14. The quantitative estimate of drug-likeness (QED) is 0.910. The molecule has 0 fully saturated rings. The Morgan fingerprint density at radius 3 is 2.90 bits per heavy atom. The summed E-state index contributed by atoms with van der Waals surface area (Å²) in [5, 5.41) is 4.10. The molecule has 2 aromatic rings. The van der Waals surface area contributed by atoms with Gasteiger partial charge in [0.25, 0.3) is 0 Å². The van der Waals surface area contributed by atoms with E-state index in [0.717, 1.165) is 34.2 Å². The number of nitrogens with one attached hydrogen (secondary N) is 1. The summed E-state index contributed by atoms with van der Waals surface area (Å²) in [6.07, 6.45) is 0.908. The summed E-state index contributed by atoms with van der Waals surface area (Å²) >= 11 is 6.21. The van der Waals surface area contributed by atoms with Crippen molar-refractivity contribution in [2.75, 3.05) is 18.5 Å². The molecule has 0 unspecified atom stereocenters. The normalized spacial score (nSPS) is 13.6. The van der Waals surface area contributed by atoms with Crippen LogP contribution < -0.4 is 14.8 Å². The van der Waals surface area contributed by atoms with Crippen LogP contribution in [0.1, 0.15) is 17.5 Å². The molecule has 110 valence electrons. The van der Waals surface area contributed by atoms with Crippen LogP contribution in [-0.4, -0.2) is 13.2 Å². The van der Waals surface area contributed by atoms with Crippen molar-refractivity contribution >= 4 is 17.3 Å². The standard InChI is InChI=1S/C17H18ClNO2/c1-12-6-7-14(18)15(10-12)19-11-13-4-2-5-16-17(13)21-9-3-8-20-16/h2,4-7,10,19H,3,8-9,11H2,1H3. The zero-order chi connectivity index (χ0) is 14.7. The molecule has 1 aliphatic heterocycles. The molecule has 1 aliphatic rings. The van der Waals surface area contributed by atoms with Crippen molar-refractivity contribution in [2.45, 2.75) is 19.9 Å². The number of rotatable bonds is 3. The number of anilines is 1. The van der Waals surface area contributed by atoms with Crippen LogP contribution in [0.3, 0.4) is 0 Å². The predicted molar refractivity (Wildman–Crippen MR) is 85.6 cm³/mol.